The Morgan fingerprint density at radius 2 is 1.68 bits per heavy atom. The van der Waals surface area contributed by atoms with Gasteiger partial charge in [0, 0.05) is 17.9 Å². The Morgan fingerprint density at radius 3 is 2.24 bits per heavy atom. The van der Waals surface area contributed by atoms with E-state index < -0.39 is 37.8 Å². The molecule has 1 aliphatic rings. The summed E-state index contributed by atoms with van der Waals surface area (Å²) in [5.74, 6) is -0.534. The smallest absolute Gasteiger partial charge is 0.243 e. The number of carbonyl (C=O) groups is 2. The van der Waals surface area contributed by atoms with Gasteiger partial charge in [0.15, 0.2) is 8.03 Å². The summed E-state index contributed by atoms with van der Waals surface area (Å²) in [5.41, 5.74) is 0.400. The molecule has 0 radical (unpaired) electrons. The van der Waals surface area contributed by atoms with Crippen LogP contribution >= 0.6 is 8.03 Å². The Balaban J connectivity index is 0.00000578. The molecule has 9 nitrogen and oxygen atoms in total. The molecule has 0 saturated heterocycles. The van der Waals surface area contributed by atoms with Gasteiger partial charge in [0.05, 0.1) is 6.10 Å². The Morgan fingerprint density at radius 1 is 1.06 bits per heavy atom. The van der Waals surface area contributed by atoms with Gasteiger partial charge in [0.25, 0.3) is 0 Å². The summed E-state index contributed by atoms with van der Waals surface area (Å²) in [4.78, 5) is 35.0. The Hall–Kier alpha value is -1.93. The van der Waals surface area contributed by atoms with Crippen LogP contribution in [0, 0.1) is 11.8 Å². The van der Waals surface area contributed by atoms with Crippen molar-refractivity contribution in [3.05, 3.63) is 30.3 Å². The average molecular weight is 500 g/mol. The van der Waals surface area contributed by atoms with E-state index in [1.54, 1.807) is 6.92 Å². The summed E-state index contributed by atoms with van der Waals surface area (Å²) < 4.78 is 11.9. The van der Waals surface area contributed by atoms with Gasteiger partial charge in [-0.1, -0.05) is 51.3 Å². The first-order valence-electron chi connectivity index (χ1n) is 12.0. The molecule has 2 amide bonds. The molecule has 1 aromatic carbocycles. The molecule has 2 rings (SSSR count). The van der Waals surface area contributed by atoms with Gasteiger partial charge in [-0.2, -0.15) is 0 Å². The SMILES string of the molecule is CC(C)[C@H](Nc1ccccc1)C(=O)N[C@@H](C)C(=O)NC[C@H](O)CC(C1CCCCC1)[PH](=O)O.O. The molecule has 1 fully saturated rings. The van der Waals surface area contributed by atoms with Crippen molar-refractivity contribution in [2.75, 3.05) is 11.9 Å². The molecule has 0 aromatic heterocycles. The first-order chi connectivity index (χ1) is 15.7. The van der Waals surface area contributed by atoms with E-state index >= 15 is 0 Å². The molecule has 1 aliphatic carbocycles. The summed E-state index contributed by atoms with van der Waals surface area (Å²) >= 11 is 0. The first-order valence-corrected chi connectivity index (χ1v) is 13.4. The minimum absolute atomic E-state index is 0. The van der Waals surface area contributed by atoms with Gasteiger partial charge >= 0.3 is 0 Å². The summed E-state index contributed by atoms with van der Waals surface area (Å²) in [6, 6.07) is 8.12. The largest absolute Gasteiger partial charge is 0.412 e. The Bertz CT molecular complexity index is 773. The van der Waals surface area contributed by atoms with Crippen molar-refractivity contribution in [3.8, 4) is 0 Å². The normalized spacial score (nSPS) is 18.6. The molecule has 7 N–H and O–H groups in total. The zero-order valence-electron chi connectivity index (χ0n) is 20.4. The minimum Gasteiger partial charge on any atom is -0.412 e. The van der Waals surface area contributed by atoms with Gasteiger partial charge in [-0.25, -0.2) is 0 Å². The summed E-state index contributed by atoms with van der Waals surface area (Å²) in [6.45, 7) is 5.43. The number of carbonyl (C=O) groups excluding carboxylic acids is 2. The molecule has 194 valence electrons. The van der Waals surface area contributed by atoms with E-state index in [1.807, 2.05) is 44.2 Å². The lowest BCUT2D eigenvalue weighted by Gasteiger charge is -2.30. The van der Waals surface area contributed by atoms with E-state index in [2.05, 4.69) is 16.0 Å². The van der Waals surface area contributed by atoms with Crippen LogP contribution in [-0.2, 0) is 14.2 Å². The number of nitrogens with one attached hydrogen (secondary N) is 3. The third kappa shape index (κ3) is 9.74. The van der Waals surface area contributed by atoms with Gasteiger partial charge in [0.2, 0.25) is 11.8 Å². The number of hydrogen-bond acceptors (Lipinski definition) is 5. The van der Waals surface area contributed by atoms with Crippen LogP contribution in [0.3, 0.4) is 0 Å². The summed E-state index contributed by atoms with van der Waals surface area (Å²) in [5, 5.41) is 19.0. The van der Waals surface area contributed by atoms with Crippen molar-refractivity contribution >= 4 is 25.5 Å². The van der Waals surface area contributed by atoms with Crippen LogP contribution in [0.1, 0.15) is 59.3 Å². The van der Waals surface area contributed by atoms with Crippen LogP contribution in [0.4, 0.5) is 5.69 Å². The van der Waals surface area contributed by atoms with Gasteiger partial charge in [-0.3, -0.25) is 14.2 Å². The number of para-hydroxylation sites is 1. The maximum absolute atomic E-state index is 12.8. The van der Waals surface area contributed by atoms with Crippen molar-refractivity contribution in [2.45, 2.75) is 83.1 Å². The number of benzene rings is 1. The van der Waals surface area contributed by atoms with Crippen molar-refractivity contribution in [2.24, 2.45) is 11.8 Å². The summed E-state index contributed by atoms with van der Waals surface area (Å²) in [7, 11) is -2.77. The third-order valence-corrected chi connectivity index (χ3v) is 7.71. The van der Waals surface area contributed by atoms with Crippen LogP contribution in [0.5, 0.6) is 0 Å². The Labute approximate surface area is 203 Å². The highest BCUT2D eigenvalue weighted by molar-refractivity contribution is 7.38. The minimum atomic E-state index is -2.77. The average Bonchev–Trinajstić information content (AvgIpc) is 2.80. The van der Waals surface area contributed by atoms with E-state index in [0.717, 1.165) is 37.8 Å². The van der Waals surface area contributed by atoms with E-state index in [1.165, 1.54) is 0 Å². The lowest BCUT2D eigenvalue weighted by molar-refractivity contribution is -0.129. The van der Waals surface area contributed by atoms with Gasteiger partial charge in [-0.05, 0) is 50.2 Å². The maximum atomic E-state index is 12.8. The molecule has 10 heteroatoms. The number of anilines is 1. The molecule has 0 bridgehead atoms. The number of rotatable bonds is 12. The quantitative estimate of drug-likeness (QED) is 0.277. The number of aliphatic hydroxyl groups is 1. The molecule has 0 spiro atoms. The van der Waals surface area contributed by atoms with Crippen molar-refractivity contribution < 1.29 is 29.6 Å². The van der Waals surface area contributed by atoms with Gasteiger partial charge in [-0.15, -0.1) is 0 Å². The molecule has 1 aromatic rings. The zero-order chi connectivity index (χ0) is 24.4. The summed E-state index contributed by atoms with van der Waals surface area (Å²) in [6.07, 6.45) is 4.36. The van der Waals surface area contributed by atoms with Crippen LogP contribution in [0.15, 0.2) is 30.3 Å². The van der Waals surface area contributed by atoms with Crippen LogP contribution in [0.25, 0.3) is 0 Å². The standard InChI is InChI=1S/C24H40N3O5P.H2O/c1-16(2)22(27-19-12-8-5-9-13-19)24(30)26-17(3)23(29)25-15-20(28)14-21(33(31)32)18-10-6-4-7-11-18;/h5,8-9,12-13,16-18,20-22,27-28,33H,4,6-7,10-11,14-15H2,1-3H3,(H,25,29)(H,26,30)(H,31,32);1H2/t17-,20+,21?,22-;/m0./s1. The molecule has 5 atom stereocenters. The monoisotopic (exact) mass is 499 g/mol. The molecule has 1 saturated carbocycles. The second-order valence-electron chi connectivity index (χ2n) is 9.44. The first kappa shape index (κ1) is 30.1. The zero-order valence-corrected chi connectivity index (χ0v) is 21.4. The predicted molar refractivity (Wildman–Crippen MR) is 135 cm³/mol. The van der Waals surface area contributed by atoms with E-state index in [4.69, 9.17) is 0 Å². The maximum Gasteiger partial charge on any atom is 0.243 e. The van der Waals surface area contributed by atoms with Crippen molar-refractivity contribution in [1.29, 1.82) is 0 Å². The van der Waals surface area contributed by atoms with Gasteiger partial charge in [0.1, 0.15) is 12.1 Å². The van der Waals surface area contributed by atoms with Crippen LogP contribution < -0.4 is 16.0 Å². The highest BCUT2D eigenvalue weighted by atomic mass is 31.1. The highest BCUT2D eigenvalue weighted by Gasteiger charge is 2.30. The van der Waals surface area contributed by atoms with E-state index in [-0.39, 0.29) is 36.2 Å². The molecule has 2 unspecified atom stereocenters. The van der Waals surface area contributed by atoms with Crippen LogP contribution in [-0.4, -0.2) is 57.7 Å². The fourth-order valence-electron chi connectivity index (χ4n) is 4.40. The second-order valence-corrected chi connectivity index (χ2v) is 10.9. The lowest BCUT2D eigenvalue weighted by atomic mass is 9.85. The fourth-order valence-corrected chi connectivity index (χ4v) is 5.61. The molecule has 0 aliphatic heterocycles. The second kappa shape index (κ2) is 15.1. The van der Waals surface area contributed by atoms with Crippen molar-refractivity contribution in [1.82, 2.24) is 10.6 Å². The fraction of sp³-hybridized carbons (Fsp3) is 0.667. The molecule has 34 heavy (non-hydrogen) atoms. The van der Waals surface area contributed by atoms with Crippen molar-refractivity contribution in [3.63, 3.8) is 0 Å². The Kier molecular flexibility index (Phi) is 13.4. The number of aliphatic hydroxyl groups excluding tert-OH is 1. The highest BCUT2D eigenvalue weighted by Crippen LogP contribution is 2.40. The van der Waals surface area contributed by atoms with E-state index in [9.17, 15) is 24.2 Å². The van der Waals surface area contributed by atoms with Gasteiger partial charge < -0.3 is 31.4 Å². The lowest BCUT2D eigenvalue weighted by Crippen LogP contribution is -2.52. The number of hydrogen-bond donors (Lipinski definition) is 5. The topological polar surface area (TPSA) is 159 Å². The van der Waals surface area contributed by atoms with Crippen LogP contribution in [0.2, 0.25) is 0 Å². The predicted octanol–water partition coefficient (Wildman–Crippen LogP) is 2.09. The molecular weight excluding hydrogens is 457 g/mol. The third-order valence-electron chi connectivity index (χ3n) is 6.37. The molecule has 0 heterocycles. The van der Waals surface area contributed by atoms with E-state index in [0.29, 0.717) is 0 Å². The molecular formula is C24H42N3O6P. The number of amides is 2.